The Bertz CT molecular complexity index is 2510. The lowest BCUT2D eigenvalue weighted by Crippen LogP contribution is -2.13. The molecule has 0 fully saturated rings. The van der Waals surface area contributed by atoms with Crippen LogP contribution in [0.2, 0.25) is 0 Å². The summed E-state index contributed by atoms with van der Waals surface area (Å²) >= 11 is 6.69. The molecule has 53 heavy (non-hydrogen) atoms. The number of carbonyl (C=O) groups is 1. The van der Waals surface area contributed by atoms with Crippen molar-refractivity contribution in [2.45, 2.75) is 19.3 Å². The summed E-state index contributed by atoms with van der Waals surface area (Å²) in [5.41, 5.74) is 6.19. The monoisotopic (exact) mass is 768 g/mol. The first kappa shape index (κ1) is 34.6. The highest BCUT2D eigenvalue weighted by molar-refractivity contribution is 7.29. The summed E-state index contributed by atoms with van der Waals surface area (Å²) in [6.45, 7) is 4.41. The van der Waals surface area contributed by atoms with E-state index in [1.165, 1.54) is 38.3 Å². The average molecular weight is 769 g/mol. The van der Waals surface area contributed by atoms with E-state index in [1.807, 2.05) is 18.2 Å². The second kappa shape index (κ2) is 13.8. The van der Waals surface area contributed by atoms with Gasteiger partial charge in [-0.3, -0.25) is 0 Å². The maximum atomic E-state index is 11.5. The van der Waals surface area contributed by atoms with Gasteiger partial charge in [0.25, 0.3) is 0 Å². The fraction of sp³-hybridized carbons (Fsp3) is 0.116. The van der Waals surface area contributed by atoms with Gasteiger partial charge in [-0.25, -0.2) is 4.79 Å². The number of carboxylic acid groups (broad SMARTS) is 1. The maximum absolute atomic E-state index is 11.5. The van der Waals surface area contributed by atoms with Crippen LogP contribution in [0.1, 0.15) is 29.9 Å². The highest BCUT2D eigenvalue weighted by atomic mass is 32.1. The van der Waals surface area contributed by atoms with Crippen molar-refractivity contribution in [3.05, 3.63) is 131 Å². The Balaban J connectivity index is 1.12. The summed E-state index contributed by atoms with van der Waals surface area (Å²) in [4.78, 5) is 22.3. The first-order valence-corrected chi connectivity index (χ1v) is 20.0. The van der Waals surface area contributed by atoms with Gasteiger partial charge in [0.15, 0.2) is 11.5 Å². The predicted octanol–water partition coefficient (Wildman–Crippen LogP) is 12.7. The van der Waals surface area contributed by atoms with E-state index in [0.29, 0.717) is 5.75 Å². The van der Waals surface area contributed by atoms with Gasteiger partial charge in [0, 0.05) is 51.7 Å². The molecular formula is C43H32N2O4S4. The summed E-state index contributed by atoms with van der Waals surface area (Å²) in [5.74, 6) is 0.219. The van der Waals surface area contributed by atoms with Crippen molar-refractivity contribution in [3.63, 3.8) is 0 Å². The number of nitrogens with zero attached hydrogens (tertiary/aromatic N) is 2. The van der Waals surface area contributed by atoms with Crippen molar-refractivity contribution >= 4 is 74.5 Å². The summed E-state index contributed by atoms with van der Waals surface area (Å²) < 4.78 is 12.0. The van der Waals surface area contributed by atoms with Crippen molar-refractivity contribution in [3.8, 4) is 57.3 Å². The van der Waals surface area contributed by atoms with E-state index >= 15 is 0 Å². The molecule has 3 aromatic carbocycles. The van der Waals surface area contributed by atoms with Crippen LogP contribution in [0, 0.1) is 11.3 Å². The highest BCUT2D eigenvalue weighted by Gasteiger charge is 2.39. The second-order valence-electron chi connectivity index (χ2n) is 12.9. The molecule has 0 spiro atoms. The quantitative estimate of drug-likeness (QED) is 0.110. The van der Waals surface area contributed by atoms with Gasteiger partial charge in [-0.05, 0) is 83.4 Å². The zero-order valence-electron chi connectivity index (χ0n) is 29.2. The minimum absolute atomic E-state index is 0.244. The molecule has 0 bridgehead atoms. The molecule has 0 radical (unpaired) electrons. The topological polar surface area (TPSA) is 82.8 Å². The largest absolute Gasteiger partial charge is 0.491 e. The molecule has 0 saturated heterocycles. The number of fused-ring (bicyclic) bond motifs is 3. The van der Waals surface area contributed by atoms with E-state index in [-0.39, 0.29) is 11.0 Å². The molecule has 4 aromatic heterocycles. The summed E-state index contributed by atoms with van der Waals surface area (Å²) in [6.07, 6.45) is 1.47. The van der Waals surface area contributed by atoms with Crippen LogP contribution in [0.15, 0.2) is 115 Å². The third-order valence-corrected chi connectivity index (χ3v) is 14.4. The number of ether oxygens (including phenoxy) is 2. The number of hydrogen-bond acceptors (Lipinski definition) is 9. The molecule has 0 atom stereocenters. The summed E-state index contributed by atoms with van der Waals surface area (Å²) in [6, 6.07) is 39.8. The van der Waals surface area contributed by atoms with E-state index < -0.39 is 5.97 Å². The van der Waals surface area contributed by atoms with Crippen LogP contribution in [0.5, 0.6) is 11.5 Å². The molecule has 0 unspecified atom stereocenters. The fourth-order valence-corrected chi connectivity index (χ4v) is 11.9. The van der Waals surface area contributed by atoms with Gasteiger partial charge in [0.05, 0.1) is 24.0 Å². The lowest BCUT2D eigenvalue weighted by atomic mass is 9.84. The van der Waals surface area contributed by atoms with Crippen LogP contribution in [-0.2, 0) is 10.2 Å². The van der Waals surface area contributed by atoms with Gasteiger partial charge in [0.1, 0.15) is 11.6 Å². The molecule has 1 aliphatic rings. The Morgan fingerprint density at radius 1 is 0.679 bits per heavy atom. The number of hydrogen-bond donors (Lipinski definition) is 1. The van der Waals surface area contributed by atoms with Crippen LogP contribution >= 0.6 is 45.3 Å². The predicted molar refractivity (Wildman–Crippen MR) is 221 cm³/mol. The van der Waals surface area contributed by atoms with Crippen LogP contribution in [-0.4, -0.2) is 25.3 Å². The van der Waals surface area contributed by atoms with Crippen molar-refractivity contribution in [2.75, 3.05) is 19.1 Å². The van der Waals surface area contributed by atoms with Gasteiger partial charge in [-0.2, -0.15) is 5.26 Å². The molecule has 4 heterocycles. The first-order valence-electron chi connectivity index (χ1n) is 16.7. The lowest BCUT2D eigenvalue weighted by Gasteiger charge is -2.25. The Morgan fingerprint density at radius 2 is 1.25 bits per heavy atom. The van der Waals surface area contributed by atoms with Gasteiger partial charge in [-0.15, -0.1) is 45.3 Å². The molecular weight excluding hydrogens is 737 g/mol. The number of methoxy groups -OCH3 is 2. The Kier molecular flexibility index (Phi) is 9.05. The number of anilines is 3. The van der Waals surface area contributed by atoms with Crippen LogP contribution in [0.25, 0.3) is 45.8 Å². The zero-order valence-corrected chi connectivity index (χ0v) is 32.4. The molecule has 8 rings (SSSR count). The van der Waals surface area contributed by atoms with Crippen molar-refractivity contribution in [1.29, 1.82) is 5.26 Å². The maximum Gasteiger partial charge on any atom is 0.346 e. The van der Waals surface area contributed by atoms with Crippen molar-refractivity contribution < 1.29 is 19.4 Å². The summed E-state index contributed by atoms with van der Waals surface area (Å²) in [5, 5.41) is 18.7. The molecule has 1 N–H and O–H groups in total. The van der Waals surface area contributed by atoms with Gasteiger partial charge >= 0.3 is 5.97 Å². The fourth-order valence-electron chi connectivity index (χ4n) is 6.77. The Morgan fingerprint density at radius 3 is 1.85 bits per heavy atom. The van der Waals surface area contributed by atoms with Crippen LogP contribution in [0.3, 0.4) is 0 Å². The molecule has 1 aliphatic carbocycles. The van der Waals surface area contributed by atoms with Crippen LogP contribution in [0.4, 0.5) is 17.1 Å². The minimum atomic E-state index is -1.22. The number of carboxylic acids is 1. The third kappa shape index (κ3) is 6.06. The number of para-hydroxylation sites is 2. The zero-order chi connectivity index (χ0) is 36.9. The molecule has 10 heteroatoms. The normalized spacial score (nSPS) is 12.9. The van der Waals surface area contributed by atoms with E-state index in [0.717, 1.165) is 57.6 Å². The van der Waals surface area contributed by atoms with Gasteiger partial charge < -0.3 is 19.5 Å². The highest BCUT2D eigenvalue weighted by Crippen LogP contribution is 2.59. The Labute approximate surface area is 323 Å². The molecule has 7 aromatic rings. The standard InChI is InChI=1S/C43H32N2O4S4/c1-43(2)31-22-30(21-26(24-44)42(46)47)50-39(31)40-32(43)23-35(52-40)33-19-20-34(51-33)41-37(49-4)36(48-3)38(53-41)25-15-17-29(18-16-25)45(27-11-7-5-8-12-27)28-13-9-6-10-14-28/h5-23H,1-4H3,(H,46,47)/b26-21+. The number of aliphatic carboxylic acids is 1. The van der Waals surface area contributed by atoms with Crippen LogP contribution < -0.4 is 14.4 Å². The molecule has 0 saturated carbocycles. The van der Waals surface area contributed by atoms with E-state index in [1.54, 1.807) is 54.3 Å². The third-order valence-electron chi connectivity index (χ3n) is 9.39. The average Bonchev–Trinajstić information content (AvgIpc) is 4.00. The smallest absolute Gasteiger partial charge is 0.346 e. The number of benzene rings is 3. The molecule has 6 nitrogen and oxygen atoms in total. The number of nitriles is 1. The summed E-state index contributed by atoms with van der Waals surface area (Å²) in [7, 11) is 3.38. The molecule has 0 aliphatic heterocycles. The Hall–Kier alpha value is -5.44. The molecule has 262 valence electrons. The first-order chi connectivity index (χ1) is 25.7. The van der Waals surface area contributed by atoms with E-state index in [9.17, 15) is 15.2 Å². The number of thiophene rings is 4. The lowest BCUT2D eigenvalue weighted by molar-refractivity contribution is -0.132. The van der Waals surface area contributed by atoms with E-state index in [4.69, 9.17) is 9.47 Å². The minimum Gasteiger partial charge on any atom is -0.491 e. The van der Waals surface area contributed by atoms with Crippen molar-refractivity contribution in [1.82, 2.24) is 0 Å². The van der Waals surface area contributed by atoms with Gasteiger partial charge in [0.2, 0.25) is 0 Å². The van der Waals surface area contributed by atoms with Crippen molar-refractivity contribution in [2.24, 2.45) is 0 Å². The van der Waals surface area contributed by atoms with Gasteiger partial charge in [-0.1, -0.05) is 62.4 Å². The second-order valence-corrected chi connectivity index (χ2v) is 17.1. The molecule has 0 amide bonds. The SMILES string of the molecule is COc1c(-c2ccc(N(c3ccccc3)c3ccccc3)cc2)sc(-c2ccc(-c3cc4c(s3)-c3sc(/C=C(\C#N)C(=O)O)cc3C4(C)C)s2)c1OC. The number of rotatable bonds is 10. The van der Waals surface area contributed by atoms with E-state index in [2.05, 4.69) is 110 Å².